The molecule has 1 saturated heterocycles. The van der Waals surface area contributed by atoms with Gasteiger partial charge in [0, 0.05) is 30.6 Å². The maximum absolute atomic E-state index is 12.3. The number of rotatable bonds is 6. The Morgan fingerprint density at radius 2 is 2.00 bits per heavy atom. The molecule has 32 heavy (non-hydrogen) atoms. The number of hydrogen-bond donors (Lipinski definition) is 0. The summed E-state index contributed by atoms with van der Waals surface area (Å²) in [6.07, 6.45) is 2.61. The molecule has 4 aromatic rings. The number of carbonyl (C=O) groups excluding carboxylic acids is 1. The van der Waals surface area contributed by atoms with Gasteiger partial charge < -0.3 is 14.2 Å². The third-order valence-corrected chi connectivity index (χ3v) is 5.86. The number of aromatic nitrogens is 5. The molecule has 0 unspecified atom stereocenters. The van der Waals surface area contributed by atoms with Crippen LogP contribution in [-0.4, -0.2) is 56.1 Å². The van der Waals surface area contributed by atoms with Crippen LogP contribution in [0.2, 0.25) is 0 Å². The number of ether oxygens (including phenoxy) is 1. The minimum Gasteiger partial charge on any atom is -0.497 e. The van der Waals surface area contributed by atoms with Crippen LogP contribution in [0.4, 0.5) is 0 Å². The van der Waals surface area contributed by atoms with Crippen LogP contribution in [0.1, 0.15) is 24.8 Å². The molecule has 9 heteroatoms. The van der Waals surface area contributed by atoms with E-state index in [0.717, 1.165) is 59.4 Å². The number of carbonyl (C=O) groups is 1. The zero-order valence-electron chi connectivity index (χ0n) is 18.1. The summed E-state index contributed by atoms with van der Waals surface area (Å²) in [5.41, 5.74) is 4.24. The van der Waals surface area contributed by atoms with E-state index in [2.05, 4.69) is 20.5 Å². The minimum absolute atomic E-state index is 0.177. The minimum atomic E-state index is 0.177. The van der Waals surface area contributed by atoms with E-state index in [9.17, 15) is 4.79 Å². The van der Waals surface area contributed by atoms with E-state index in [1.165, 1.54) is 0 Å². The second-order valence-electron chi connectivity index (χ2n) is 7.96. The molecular weight excluding hydrogens is 408 g/mol. The van der Waals surface area contributed by atoms with E-state index in [0.29, 0.717) is 24.7 Å². The molecule has 0 radical (unpaired) electrons. The van der Waals surface area contributed by atoms with E-state index >= 15 is 0 Å². The summed E-state index contributed by atoms with van der Waals surface area (Å²) < 4.78 is 12.5. The van der Waals surface area contributed by atoms with Crippen molar-refractivity contribution in [2.45, 2.75) is 32.7 Å². The maximum atomic E-state index is 12.3. The molecule has 0 aliphatic carbocycles. The van der Waals surface area contributed by atoms with Gasteiger partial charge in [0.05, 0.1) is 19.2 Å². The molecule has 2 aromatic heterocycles. The fourth-order valence-electron chi connectivity index (χ4n) is 4.06. The lowest BCUT2D eigenvalue weighted by Crippen LogP contribution is -2.28. The quantitative estimate of drug-likeness (QED) is 0.460. The summed E-state index contributed by atoms with van der Waals surface area (Å²) in [4.78, 5) is 18.8. The van der Waals surface area contributed by atoms with E-state index in [1.807, 2.05) is 48.2 Å². The molecule has 0 bridgehead atoms. The second-order valence-corrected chi connectivity index (χ2v) is 7.96. The standard InChI is InChI=1S/C23H24N6O3/c1-15-13-17(31-2)6-7-18(15)23-24-22(26-32-23)16-5-8-20-19(14-16)25-27-29(20)12-9-21(30)28-10-3-4-11-28/h5-8,13-14H,3-4,9-12H2,1-2H3. The number of methoxy groups -OCH3 is 1. The number of hydrogen-bond acceptors (Lipinski definition) is 7. The Morgan fingerprint density at radius 3 is 2.78 bits per heavy atom. The second kappa shape index (κ2) is 8.41. The van der Waals surface area contributed by atoms with E-state index in [-0.39, 0.29) is 5.91 Å². The first-order chi connectivity index (χ1) is 15.6. The SMILES string of the molecule is COc1ccc(-c2nc(-c3ccc4c(c3)nnn4CCC(=O)N3CCCC3)no2)c(C)c1. The summed E-state index contributed by atoms with van der Waals surface area (Å²) in [6, 6.07) is 11.4. The topological polar surface area (TPSA) is 99.2 Å². The molecule has 3 heterocycles. The van der Waals surface area contributed by atoms with Gasteiger partial charge in [0.15, 0.2) is 0 Å². The van der Waals surface area contributed by atoms with Crippen molar-refractivity contribution < 1.29 is 14.1 Å². The highest BCUT2D eigenvalue weighted by atomic mass is 16.5. The molecule has 0 atom stereocenters. The van der Waals surface area contributed by atoms with Gasteiger partial charge in [-0.1, -0.05) is 10.4 Å². The zero-order chi connectivity index (χ0) is 22.1. The summed E-state index contributed by atoms with van der Waals surface area (Å²) >= 11 is 0. The molecular formula is C23H24N6O3. The average molecular weight is 432 g/mol. The van der Waals surface area contributed by atoms with Crippen molar-refractivity contribution in [3.05, 3.63) is 42.0 Å². The molecule has 1 aliphatic heterocycles. The van der Waals surface area contributed by atoms with Crippen molar-refractivity contribution >= 4 is 16.9 Å². The predicted molar refractivity (Wildman–Crippen MR) is 118 cm³/mol. The molecule has 1 amide bonds. The molecule has 0 N–H and O–H groups in total. The smallest absolute Gasteiger partial charge is 0.258 e. The molecule has 0 saturated carbocycles. The Bertz CT molecular complexity index is 1270. The monoisotopic (exact) mass is 432 g/mol. The van der Waals surface area contributed by atoms with Crippen LogP contribution in [0.3, 0.4) is 0 Å². The van der Waals surface area contributed by atoms with Crippen LogP contribution in [0, 0.1) is 6.92 Å². The number of amides is 1. The highest BCUT2D eigenvalue weighted by Crippen LogP contribution is 2.28. The number of likely N-dealkylation sites (tertiary alicyclic amines) is 1. The van der Waals surface area contributed by atoms with Crippen LogP contribution in [0.25, 0.3) is 33.9 Å². The first-order valence-corrected chi connectivity index (χ1v) is 10.7. The molecule has 9 nitrogen and oxygen atoms in total. The first-order valence-electron chi connectivity index (χ1n) is 10.7. The van der Waals surface area contributed by atoms with Gasteiger partial charge in [0.25, 0.3) is 5.89 Å². The van der Waals surface area contributed by atoms with Crippen LogP contribution >= 0.6 is 0 Å². The maximum Gasteiger partial charge on any atom is 0.258 e. The fourth-order valence-corrected chi connectivity index (χ4v) is 4.06. The molecule has 1 fully saturated rings. The normalized spacial score (nSPS) is 13.8. The molecule has 1 aliphatic rings. The van der Waals surface area contributed by atoms with Crippen LogP contribution in [-0.2, 0) is 11.3 Å². The van der Waals surface area contributed by atoms with Crippen molar-refractivity contribution in [1.82, 2.24) is 30.0 Å². The molecule has 0 spiro atoms. The zero-order valence-corrected chi connectivity index (χ0v) is 18.1. The lowest BCUT2D eigenvalue weighted by Gasteiger charge is -2.14. The van der Waals surface area contributed by atoms with Gasteiger partial charge in [-0.2, -0.15) is 4.98 Å². The highest BCUT2D eigenvalue weighted by Gasteiger charge is 2.19. The summed E-state index contributed by atoms with van der Waals surface area (Å²) in [5, 5.41) is 12.6. The fraction of sp³-hybridized carbons (Fsp3) is 0.348. The Kier molecular flexibility index (Phi) is 5.30. The summed E-state index contributed by atoms with van der Waals surface area (Å²) in [6.45, 7) is 4.21. The molecule has 5 rings (SSSR count). The Morgan fingerprint density at radius 1 is 1.16 bits per heavy atom. The number of aryl methyl sites for hydroxylation is 2. The van der Waals surface area contributed by atoms with Gasteiger partial charge in [0.2, 0.25) is 11.7 Å². The van der Waals surface area contributed by atoms with Crippen LogP contribution in [0.15, 0.2) is 40.9 Å². The Balaban J connectivity index is 1.34. The molecule has 2 aromatic carbocycles. The largest absolute Gasteiger partial charge is 0.497 e. The van der Waals surface area contributed by atoms with Gasteiger partial charge in [-0.15, -0.1) is 5.10 Å². The Labute approximate surface area is 185 Å². The lowest BCUT2D eigenvalue weighted by molar-refractivity contribution is -0.130. The average Bonchev–Trinajstić information content (AvgIpc) is 3.58. The van der Waals surface area contributed by atoms with Gasteiger partial charge in [-0.25, -0.2) is 4.68 Å². The van der Waals surface area contributed by atoms with Crippen LogP contribution in [0.5, 0.6) is 5.75 Å². The van der Waals surface area contributed by atoms with E-state index in [1.54, 1.807) is 11.8 Å². The lowest BCUT2D eigenvalue weighted by atomic mass is 10.1. The van der Waals surface area contributed by atoms with Gasteiger partial charge >= 0.3 is 0 Å². The molecule has 164 valence electrons. The highest BCUT2D eigenvalue weighted by molar-refractivity contribution is 5.80. The van der Waals surface area contributed by atoms with E-state index in [4.69, 9.17) is 9.26 Å². The summed E-state index contributed by atoms with van der Waals surface area (Å²) in [7, 11) is 1.64. The third kappa shape index (κ3) is 3.81. The Hall–Kier alpha value is -3.75. The summed E-state index contributed by atoms with van der Waals surface area (Å²) in [5.74, 6) is 1.89. The van der Waals surface area contributed by atoms with Crippen molar-refractivity contribution in [2.75, 3.05) is 20.2 Å². The number of nitrogens with zero attached hydrogens (tertiary/aromatic N) is 6. The van der Waals surface area contributed by atoms with Crippen LogP contribution < -0.4 is 4.74 Å². The number of benzene rings is 2. The van der Waals surface area contributed by atoms with Gasteiger partial charge in [-0.05, 0) is 61.7 Å². The van der Waals surface area contributed by atoms with E-state index < -0.39 is 0 Å². The van der Waals surface area contributed by atoms with Crippen molar-refractivity contribution in [3.63, 3.8) is 0 Å². The van der Waals surface area contributed by atoms with Gasteiger partial charge in [0.1, 0.15) is 11.3 Å². The number of fused-ring (bicyclic) bond motifs is 1. The first kappa shape index (κ1) is 20.2. The van der Waals surface area contributed by atoms with Crippen molar-refractivity contribution in [1.29, 1.82) is 0 Å². The van der Waals surface area contributed by atoms with Crippen molar-refractivity contribution in [2.24, 2.45) is 0 Å². The third-order valence-electron chi connectivity index (χ3n) is 5.86. The van der Waals surface area contributed by atoms with Gasteiger partial charge in [-0.3, -0.25) is 4.79 Å². The predicted octanol–water partition coefficient (Wildman–Crippen LogP) is 3.48. The van der Waals surface area contributed by atoms with Crippen molar-refractivity contribution in [3.8, 4) is 28.6 Å².